The van der Waals surface area contributed by atoms with Crippen molar-refractivity contribution in [3.8, 4) is 0 Å². The second-order valence-corrected chi connectivity index (χ2v) is 7.35. The van der Waals surface area contributed by atoms with E-state index in [2.05, 4.69) is 16.4 Å². The van der Waals surface area contributed by atoms with Gasteiger partial charge < -0.3 is 19.9 Å². The van der Waals surface area contributed by atoms with Crippen LogP contribution in [0.5, 0.6) is 0 Å². The van der Waals surface area contributed by atoms with Crippen LogP contribution in [0.15, 0.2) is 24.3 Å². The molecule has 0 spiro atoms. The van der Waals surface area contributed by atoms with Crippen LogP contribution in [0.25, 0.3) is 11.0 Å². The SMILES string of the molecule is COCC1(C(=O)N2CCC(c3nc4ccccc4[nH]3)CC2)CCNC1. The molecular weight excluding hydrogens is 316 g/mol. The summed E-state index contributed by atoms with van der Waals surface area (Å²) >= 11 is 0. The molecule has 2 aliphatic heterocycles. The smallest absolute Gasteiger partial charge is 0.232 e. The van der Waals surface area contributed by atoms with Gasteiger partial charge in [-0.3, -0.25) is 4.79 Å². The Morgan fingerprint density at radius 1 is 1.36 bits per heavy atom. The first kappa shape index (κ1) is 16.5. The predicted octanol–water partition coefficient (Wildman–Crippen LogP) is 1.90. The van der Waals surface area contributed by atoms with Crippen molar-refractivity contribution in [1.82, 2.24) is 20.2 Å². The minimum Gasteiger partial charge on any atom is -0.384 e. The monoisotopic (exact) mass is 342 g/mol. The van der Waals surface area contributed by atoms with E-state index < -0.39 is 0 Å². The number of hydrogen-bond donors (Lipinski definition) is 2. The van der Waals surface area contributed by atoms with Crippen molar-refractivity contribution in [1.29, 1.82) is 0 Å². The van der Waals surface area contributed by atoms with Gasteiger partial charge in [0.2, 0.25) is 5.91 Å². The number of hydrogen-bond acceptors (Lipinski definition) is 4. The number of methoxy groups -OCH3 is 1. The first-order chi connectivity index (χ1) is 12.2. The van der Waals surface area contributed by atoms with Crippen LogP contribution >= 0.6 is 0 Å². The van der Waals surface area contributed by atoms with E-state index in [1.165, 1.54) is 0 Å². The van der Waals surface area contributed by atoms with Gasteiger partial charge in [-0.25, -0.2) is 4.98 Å². The van der Waals surface area contributed by atoms with E-state index in [9.17, 15) is 4.79 Å². The molecule has 2 fully saturated rings. The number of benzene rings is 1. The molecule has 134 valence electrons. The number of imidazole rings is 1. The fourth-order valence-electron chi connectivity index (χ4n) is 4.24. The van der Waals surface area contributed by atoms with Crippen LogP contribution in [-0.2, 0) is 9.53 Å². The number of likely N-dealkylation sites (tertiary alicyclic amines) is 1. The maximum Gasteiger partial charge on any atom is 0.232 e. The normalized spacial score (nSPS) is 24.9. The average molecular weight is 342 g/mol. The number of carbonyl (C=O) groups excluding carboxylic acids is 1. The van der Waals surface area contributed by atoms with Gasteiger partial charge in [0.05, 0.1) is 23.1 Å². The lowest BCUT2D eigenvalue weighted by Crippen LogP contribution is -2.50. The van der Waals surface area contributed by atoms with Crippen LogP contribution < -0.4 is 5.32 Å². The highest BCUT2D eigenvalue weighted by molar-refractivity contribution is 5.83. The molecule has 2 N–H and O–H groups in total. The Morgan fingerprint density at radius 2 is 2.16 bits per heavy atom. The number of H-pyrrole nitrogens is 1. The lowest BCUT2D eigenvalue weighted by molar-refractivity contribution is -0.145. The number of ether oxygens (including phenoxy) is 1. The predicted molar refractivity (Wildman–Crippen MR) is 96.4 cm³/mol. The Labute approximate surface area is 147 Å². The van der Waals surface area contributed by atoms with Crippen LogP contribution in [0.4, 0.5) is 0 Å². The molecule has 4 rings (SSSR count). The summed E-state index contributed by atoms with van der Waals surface area (Å²) < 4.78 is 5.36. The number of nitrogens with zero attached hydrogens (tertiary/aromatic N) is 2. The Balaban J connectivity index is 1.43. The van der Waals surface area contributed by atoms with Crippen LogP contribution in [0.1, 0.15) is 31.0 Å². The zero-order chi connectivity index (χ0) is 17.3. The molecule has 1 aromatic heterocycles. The van der Waals surface area contributed by atoms with Gasteiger partial charge in [0.1, 0.15) is 5.82 Å². The van der Waals surface area contributed by atoms with Crippen LogP contribution in [0, 0.1) is 5.41 Å². The standard InChI is InChI=1S/C19H26N4O2/c1-25-13-19(8-9-20-12-19)18(24)23-10-6-14(7-11-23)17-21-15-4-2-3-5-16(15)22-17/h2-5,14,20H,6-13H2,1H3,(H,21,22). The van der Waals surface area contributed by atoms with Crippen molar-refractivity contribution in [2.75, 3.05) is 39.9 Å². The Morgan fingerprint density at radius 3 is 2.84 bits per heavy atom. The van der Waals surface area contributed by atoms with E-state index in [4.69, 9.17) is 9.72 Å². The highest BCUT2D eigenvalue weighted by Crippen LogP contribution is 2.33. The van der Waals surface area contributed by atoms with Crippen molar-refractivity contribution in [3.63, 3.8) is 0 Å². The molecule has 1 aromatic carbocycles. The van der Waals surface area contributed by atoms with Crippen molar-refractivity contribution in [3.05, 3.63) is 30.1 Å². The Bertz CT molecular complexity index is 710. The number of rotatable bonds is 4. The quantitative estimate of drug-likeness (QED) is 0.890. The van der Waals surface area contributed by atoms with E-state index in [1.807, 2.05) is 23.1 Å². The number of fused-ring (bicyclic) bond motifs is 1. The second kappa shape index (κ2) is 6.77. The van der Waals surface area contributed by atoms with Crippen LogP contribution in [0.3, 0.4) is 0 Å². The molecule has 1 amide bonds. The summed E-state index contributed by atoms with van der Waals surface area (Å²) in [5.41, 5.74) is 1.74. The average Bonchev–Trinajstić information content (AvgIpc) is 3.29. The summed E-state index contributed by atoms with van der Waals surface area (Å²) in [7, 11) is 1.68. The van der Waals surface area contributed by atoms with Gasteiger partial charge in [0, 0.05) is 32.7 Å². The molecule has 25 heavy (non-hydrogen) atoms. The third kappa shape index (κ3) is 3.04. The van der Waals surface area contributed by atoms with Gasteiger partial charge in [0.15, 0.2) is 0 Å². The molecule has 2 aliphatic rings. The minimum atomic E-state index is -0.374. The lowest BCUT2D eigenvalue weighted by atomic mass is 9.85. The summed E-state index contributed by atoms with van der Waals surface area (Å²) in [6.07, 6.45) is 2.79. The summed E-state index contributed by atoms with van der Waals surface area (Å²) in [6.45, 7) is 3.72. The van der Waals surface area contributed by atoms with E-state index in [0.717, 1.165) is 62.3 Å². The van der Waals surface area contributed by atoms with Crippen molar-refractivity contribution < 1.29 is 9.53 Å². The number of piperidine rings is 1. The van der Waals surface area contributed by atoms with E-state index in [-0.39, 0.29) is 11.3 Å². The molecule has 2 aromatic rings. The van der Waals surface area contributed by atoms with Gasteiger partial charge in [-0.05, 0) is 37.9 Å². The second-order valence-electron chi connectivity index (χ2n) is 7.35. The number of aromatic nitrogens is 2. The molecule has 6 nitrogen and oxygen atoms in total. The molecule has 0 radical (unpaired) electrons. The van der Waals surface area contributed by atoms with Gasteiger partial charge in [-0.15, -0.1) is 0 Å². The Hall–Kier alpha value is -1.92. The van der Waals surface area contributed by atoms with Gasteiger partial charge in [0.25, 0.3) is 0 Å². The first-order valence-corrected chi connectivity index (χ1v) is 9.15. The number of nitrogens with one attached hydrogen (secondary N) is 2. The van der Waals surface area contributed by atoms with E-state index in [1.54, 1.807) is 7.11 Å². The third-order valence-corrected chi connectivity index (χ3v) is 5.69. The molecule has 0 aliphatic carbocycles. The molecule has 6 heteroatoms. The molecular formula is C19H26N4O2. The highest BCUT2D eigenvalue weighted by atomic mass is 16.5. The van der Waals surface area contributed by atoms with E-state index in [0.29, 0.717) is 12.5 Å². The fourth-order valence-corrected chi connectivity index (χ4v) is 4.24. The maximum atomic E-state index is 13.1. The van der Waals surface area contributed by atoms with Crippen molar-refractivity contribution in [2.45, 2.75) is 25.2 Å². The van der Waals surface area contributed by atoms with Crippen LogP contribution in [-0.4, -0.2) is 60.7 Å². The molecule has 1 unspecified atom stereocenters. The van der Waals surface area contributed by atoms with Crippen molar-refractivity contribution in [2.24, 2.45) is 5.41 Å². The van der Waals surface area contributed by atoms with Gasteiger partial charge in [-0.2, -0.15) is 0 Å². The lowest BCUT2D eigenvalue weighted by Gasteiger charge is -2.37. The zero-order valence-electron chi connectivity index (χ0n) is 14.8. The number of amides is 1. The number of aromatic amines is 1. The van der Waals surface area contributed by atoms with Crippen molar-refractivity contribution >= 4 is 16.9 Å². The zero-order valence-corrected chi connectivity index (χ0v) is 14.8. The number of para-hydroxylation sites is 2. The topological polar surface area (TPSA) is 70.2 Å². The Kier molecular flexibility index (Phi) is 4.48. The van der Waals surface area contributed by atoms with E-state index >= 15 is 0 Å². The highest BCUT2D eigenvalue weighted by Gasteiger charge is 2.44. The third-order valence-electron chi connectivity index (χ3n) is 5.69. The van der Waals surface area contributed by atoms with Gasteiger partial charge >= 0.3 is 0 Å². The summed E-state index contributed by atoms with van der Waals surface area (Å²) in [4.78, 5) is 23.3. The summed E-state index contributed by atoms with van der Waals surface area (Å²) in [5.74, 6) is 1.71. The molecule has 1 atom stereocenters. The number of carbonyl (C=O) groups is 1. The molecule has 3 heterocycles. The van der Waals surface area contributed by atoms with Gasteiger partial charge in [-0.1, -0.05) is 12.1 Å². The fraction of sp³-hybridized carbons (Fsp3) is 0.579. The molecule has 0 bridgehead atoms. The first-order valence-electron chi connectivity index (χ1n) is 9.15. The van der Waals surface area contributed by atoms with Crippen LogP contribution in [0.2, 0.25) is 0 Å². The maximum absolute atomic E-state index is 13.1. The largest absolute Gasteiger partial charge is 0.384 e. The minimum absolute atomic E-state index is 0.252. The molecule has 0 saturated carbocycles. The summed E-state index contributed by atoms with van der Waals surface area (Å²) in [6, 6.07) is 8.14. The molecule has 2 saturated heterocycles. The summed E-state index contributed by atoms with van der Waals surface area (Å²) in [5, 5.41) is 3.32.